The SMILES string of the molecule is COc1nc(C(OC(N)=O)C(C)(C)C)cc(C)c1CN. The minimum absolute atomic E-state index is 0.332. The van der Waals surface area contributed by atoms with E-state index in [9.17, 15) is 4.79 Å². The summed E-state index contributed by atoms with van der Waals surface area (Å²) in [4.78, 5) is 15.5. The van der Waals surface area contributed by atoms with Crippen molar-refractivity contribution in [3.05, 3.63) is 22.9 Å². The van der Waals surface area contributed by atoms with Gasteiger partial charge in [-0.2, -0.15) is 0 Å². The number of rotatable bonds is 4. The van der Waals surface area contributed by atoms with Gasteiger partial charge in [0.05, 0.1) is 12.8 Å². The molecule has 0 fully saturated rings. The molecule has 0 aliphatic rings. The van der Waals surface area contributed by atoms with Crippen LogP contribution in [0.5, 0.6) is 5.88 Å². The average Bonchev–Trinajstić information content (AvgIpc) is 2.33. The van der Waals surface area contributed by atoms with Gasteiger partial charge in [-0.15, -0.1) is 0 Å². The smallest absolute Gasteiger partial charge is 0.405 e. The van der Waals surface area contributed by atoms with Crippen LogP contribution in [0.25, 0.3) is 0 Å². The maximum absolute atomic E-state index is 11.1. The van der Waals surface area contributed by atoms with Crippen LogP contribution in [0.2, 0.25) is 0 Å². The Morgan fingerprint density at radius 2 is 2.05 bits per heavy atom. The van der Waals surface area contributed by atoms with Crippen LogP contribution in [-0.2, 0) is 11.3 Å². The molecule has 1 amide bonds. The second-order valence-corrected chi connectivity index (χ2v) is 5.74. The van der Waals surface area contributed by atoms with Crippen molar-refractivity contribution in [2.75, 3.05) is 7.11 Å². The van der Waals surface area contributed by atoms with Crippen LogP contribution in [-0.4, -0.2) is 18.2 Å². The Kier molecular flexibility index (Phi) is 4.94. The van der Waals surface area contributed by atoms with Crippen LogP contribution in [0.1, 0.15) is 43.7 Å². The van der Waals surface area contributed by atoms with Crippen LogP contribution in [0, 0.1) is 12.3 Å². The Labute approximate surface area is 119 Å². The lowest BCUT2D eigenvalue weighted by Crippen LogP contribution is -2.28. The standard InChI is InChI=1S/C14H23N3O3/c1-8-6-10(17-12(19-5)9(8)7-15)11(14(2,3)4)20-13(16)18/h6,11H,7,15H2,1-5H3,(H2,16,18). The normalized spacial score (nSPS) is 12.9. The van der Waals surface area contributed by atoms with Crippen molar-refractivity contribution in [1.82, 2.24) is 4.98 Å². The highest BCUT2D eigenvalue weighted by Gasteiger charge is 2.31. The number of nitrogens with zero attached hydrogens (tertiary/aromatic N) is 1. The number of carbonyl (C=O) groups is 1. The summed E-state index contributed by atoms with van der Waals surface area (Å²) in [5, 5.41) is 0. The first-order valence-corrected chi connectivity index (χ1v) is 6.41. The predicted molar refractivity (Wildman–Crippen MR) is 76.3 cm³/mol. The number of hydrogen-bond donors (Lipinski definition) is 2. The predicted octanol–water partition coefficient (Wildman–Crippen LogP) is 2.04. The van der Waals surface area contributed by atoms with Gasteiger partial charge in [0.1, 0.15) is 0 Å². The van der Waals surface area contributed by atoms with Crippen LogP contribution >= 0.6 is 0 Å². The summed E-state index contributed by atoms with van der Waals surface area (Å²) >= 11 is 0. The number of ether oxygens (including phenoxy) is 2. The first-order valence-electron chi connectivity index (χ1n) is 6.41. The lowest BCUT2D eigenvalue weighted by molar-refractivity contribution is 0.0327. The third-order valence-electron chi connectivity index (χ3n) is 3.02. The van der Waals surface area contributed by atoms with Crippen molar-refractivity contribution in [2.45, 2.75) is 40.3 Å². The summed E-state index contributed by atoms with van der Waals surface area (Å²) < 4.78 is 10.5. The highest BCUT2D eigenvalue weighted by molar-refractivity contribution is 5.65. The summed E-state index contributed by atoms with van der Waals surface area (Å²) in [7, 11) is 1.53. The van der Waals surface area contributed by atoms with Crippen molar-refractivity contribution in [2.24, 2.45) is 16.9 Å². The molecule has 0 aliphatic heterocycles. The molecule has 1 atom stereocenters. The molecule has 0 aliphatic carbocycles. The fraction of sp³-hybridized carbons (Fsp3) is 0.571. The summed E-state index contributed by atoms with van der Waals surface area (Å²) in [5.74, 6) is 0.449. The summed E-state index contributed by atoms with van der Waals surface area (Å²) in [6.07, 6.45) is -1.38. The maximum Gasteiger partial charge on any atom is 0.405 e. The zero-order valence-corrected chi connectivity index (χ0v) is 12.7. The zero-order chi connectivity index (χ0) is 15.5. The van der Waals surface area contributed by atoms with Gasteiger partial charge in [-0.05, 0) is 18.6 Å². The molecule has 112 valence electrons. The number of carbonyl (C=O) groups excluding carboxylic acids is 1. The van der Waals surface area contributed by atoms with E-state index in [1.807, 2.05) is 33.8 Å². The Hall–Kier alpha value is -1.82. The van der Waals surface area contributed by atoms with E-state index in [0.717, 1.165) is 11.1 Å². The minimum atomic E-state index is -0.828. The monoisotopic (exact) mass is 281 g/mol. The van der Waals surface area contributed by atoms with Crippen LogP contribution in [0.4, 0.5) is 4.79 Å². The summed E-state index contributed by atoms with van der Waals surface area (Å²) in [6, 6.07) is 1.85. The molecule has 1 aromatic rings. The van der Waals surface area contributed by atoms with Gasteiger partial charge in [-0.3, -0.25) is 0 Å². The number of pyridine rings is 1. The van der Waals surface area contributed by atoms with Gasteiger partial charge < -0.3 is 20.9 Å². The summed E-state index contributed by atoms with van der Waals surface area (Å²) in [6.45, 7) is 8.09. The first kappa shape index (κ1) is 16.2. The third kappa shape index (κ3) is 3.60. The number of amides is 1. The molecule has 4 N–H and O–H groups in total. The van der Waals surface area contributed by atoms with E-state index in [0.29, 0.717) is 18.1 Å². The number of nitrogens with two attached hydrogens (primary N) is 2. The van der Waals surface area contributed by atoms with E-state index in [-0.39, 0.29) is 5.41 Å². The Morgan fingerprint density at radius 1 is 1.45 bits per heavy atom. The molecule has 0 aromatic carbocycles. The molecule has 1 rings (SSSR count). The van der Waals surface area contributed by atoms with E-state index in [4.69, 9.17) is 20.9 Å². The molecular formula is C14H23N3O3. The Bertz CT molecular complexity index is 495. The fourth-order valence-corrected chi connectivity index (χ4v) is 2.04. The van der Waals surface area contributed by atoms with Crippen molar-refractivity contribution in [3.63, 3.8) is 0 Å². The Balaban J connectivity index is 3.34. The molecule has 6 heteroatoms. The van der Waals surface area contributed by atoms with Crippen LogP contribution in [0.15, 0.2) is 6.07 Å². The van der Waals surface area contributed by atoms with Crippen molar-refractivity contribution in [1.29, 1.82) is 0 Å². The second-order valence-electron chi connectivity index (χ2n) is 5.74. The van der Waals surface area contributed by atoms with Crippen molar-refractivity contribution in [3.8, 4) is 5.88 Å². The largest absolute Gasteiger partial charge is 0.481 e. The highest BCUT2D eigenvalue weighted by Crippen LogP contribution is 2.37. The van der Waals surface area contributed by atoms with E-state index in [1.165, 1.54) is 7.11 Å². The van der Waals surface area contributed by atoms with Crippen LogP contribution in [0.3, 0.4) is 0 Å². The van der Waals surface area contributed by atoms with Gasteiger partial charge in [0, 0.05) is 17.5 Å². The van der Waals surface area contributed by atoms with Gasteiger partial charge in [0.2, 0.25) is 5.88 Å². The maximum atomic E-state index is 11.1. The number of aromatic nitrogens is 1. The molecule has 0 saturated carbocycles. The topological polar surface area (TPSA) is 100 Å². The van der Waals surface area contributed by atoms with Gasteiger partial charge in [0.15, 0.2) is 6.10 Å². The lowest BCUT2D eigenvalue weighted by Gasteiger charge is -2.29. The Morgan fingerprint density at radius 3 is 2.45 bits per heavy atom. The zero-order valence-electron chi connectivity index (χ0n) is 12.7. The van der Waals surface area contributed by atoms with Gasteiger partial charge >= 0.3 is 6.09 Å². The van der Waals surface area contributed by atoms with Gasteiger partial charge in [0.25, 0.3) is 0 Å². The summed E-state index contributed by atoms with van der Waals surface area (Å²) in [5.41, 5.74) is 12.9. The van der Waals surface area contributed by atoms with Gasteiger partial charge in [-0.25, -0.2) is 9.78 Å². The molecule has 0 spiro atoms. The number of methoxy groups -OCH3 is 1. The van der Waals surface area contributed by atoms with Crippen molar-refractivity contribution < 1.29 is 14.3 Å². The van der Waals surface area contributed by atoms with Crippen LogP contribution < -0.4 is 16.2 Å². The first-order chi connectivity index (χ1) is 9.20. The molecule has 20 heavy (non-hydrogen) atoms. The van der Waals surface area contributed by atoms with Crippen molar-refractivity contribution >= 4 is 6.09 Å². The van der Waals surface area contributed by atoms with E-state index in [1.54, 1.807) is 0 Å². The molecule has 0 saturated heterocycles. The van der Waals surface area contributed by atoms with E-state index < -0.39 is 12.2 Å². The fourth-order valence-electron chi connectivity index (χ4n) is 2.04. The van der Waals surface area contributed by atoms with Gasteiger partial charge in [-0.1, -0.05) is 20.8 Å². The minimum Gasteiger partial charge on any atom is -0.481 e. The molecule has 6 nitrogen and oxygen atoms in total. The molecule has 1 unspecified atom stereocenters. The number of aryl methyl sites for hydroxylation is 1. The second kappa shape index (κ2) is 6.09. The molecule has 1 aromatic heterocycles. The highest BCUT2D eigenvalue weighted by atomic mass is 16.6. The quantitative estimate of drug-likeness (QED) is 0.879. The molecular weight excluding hydrogens is 258 g/mol. The lowest BCUT2D eigenvalue weighted by atomic mass is 9.86. The van der Waals surface area contributed by atoms with E-state index in [2.05, 4.69) is 4.98 Å². The molecule has 1 heterocycles. The molecule has 0 radical (unpaired) electrons. The number of hydrogen-bond acceptors (Lipinski definition) is 5. The average molecular weight is 281 g/mol. The number of primary amides is 1. The molecule has 0 bridgehead atoms. The third-order valence-corrected chi connectivity index (χ3v) is 3.02. The van der Waals surface area contributed by atoms with E-state index >= 15 is 0 Å².